The first-order valence-electron chi connectivity index (χ1n) is 9.67. The third kappa shape index (κ3) is 3.01. The summed E-state index contributed by atoms with van der Waals surface area (Å²) in [5.74, 6) is 0.869. The van der Waals surface area contributed by atoms with Crippen molar-refractivity contribution in [2.45, 2.75) is 66.3 Å². The van der Waals surface area contributed by atoms with E-state index in [0.717, 1.165) is 18.4 Å². The Hall–Kier alpha value is -1.35. The number of Topliss-reactive ketones (excluding diaryl/α,β-unsaturated/α-hetero) is 1. The van der Waals surface area contributed by atoms with Crippen LogP contribution in [0.5, 0.6) is 5.75 Å². The lowest BCUT2D eigenvalue weighted by Crippen LogP contribution is -2.59. The number of phenols is 1. The van der Waals surface area contributed by atoms with E-state index >= 15 is 0 Å². The topological polar surface area (TPSA) is 63.3 Å². The molecule has 3 nitrogen and oxygen atoms in total. The molecule has 0 aliphatic heterocycles. The van der Waals surface area contributed by atoms with Crippen molar-refractivity contribution in [3.63, 3.8) is 0 Å². The monoisotopic (exact) mass is 343 g/mol. The average molecular weight is 344 g/mol. The van der Waals surface area contributed by atoms with Crippen LogP contribution in [0.1, 0.15) is 69.3 Å². The molecule has 1 aromatic carbocycles. The summed E-state index contributed by atoms with van der Waals surface area (Å²) >= 11 is 0. The smallest absolute Gasteiger partial charge is 0.166 e. The van der Waals surface area contributed by atoms with Gasteiger partial charge in [0.05, 0.1) is 0 Å². The van der Waals surface area contributed by atoms with E-state index in [1.54, 1.807) is 12.1 Å². The molecule has 3 heteroatoms. The zero-order chi connectivity index (χ0) is 18.6. The Balaban J connectivity index is 2.06. The molecule has 2 saturated carbocycles. The fourth-order valence-electron chi connectivity index (χ4n) is 6.08. The summed E-state index contributed by atoms with van der Waals surface area (Å²) in [5.41, 5.74) is 8.28. The van der Waals surface area contributed by atoms with Crippen molar-refractivity contribution in [3.05, 3.63) is 29.3 Å². The zero-order valence-corrected chi connectivity index (χ0v) is 16.3. The zero-order valence-electron chi connectivity index (χ0n) is 16.3. The van der Waals surface area contributed by atoms with Crippen molar-refractivity contribution in [1.82, 2.24) is 0 Å². The number of ketones is 1. The van der Waals surface area contributed by atoms with E-state index in [2.05, 4.69) is 27.7 Å². The number of aryl methyl sites for hydroxylation is 1. The van der Waals surface area contributed by atoms with Crippen LogP contribution in [-0.2, 0) is 0 Å². The number of hydrogen-bond donors (Lipinski definition) is 2. The molecule has 5 atom stereocenters. The van der Waals surface area contributed by atoms with Crippen LogP contribution in [-0.4, -0.2) is 16.9 Å². The van der Waals surface area contributed by atoms with Crippen molar-refractivity contribution in [2.24, 2.45) is 34.3 Å². The molecule has 2 fully saturated rings. The first-order chi connectivity index (χ1) is 11.6. The van der Waals surface area contributed by atoms with Gasteiger partial charge in [-0.05, 0) is 72.6 Å². The molecule has 3 N–H and O–H groups in total. The summed E-state index contributed by atoms with van der Waals surface area (Å²) in [5, 5.41) is 9.96. The number of fused-ring (bicyclic) bond motifs is 1. The lowest BCUT2D eigenvalue weighted by Gasteiger charge is -2.60. The summed E-state index contributed by atoms with van der Waals surface area (Å²) < 4.78 is 0. The maximum absolute atomic E-state index is 13.6. The number of hydrogen-bond acceptors (Lipinski definition) is 3. The van der Waals surface area contributed by atoms with Crippen LogP contribution in [0.2, 0.25) is 0 Å². The molecule has 0 amide bonds. The number of aromatic hydroxyl groups is 1. The third-order valence-electron chi connectivity index (χ3n) is 7.32. The Bertz CT molecular complexity index is 660. The molecule has 5 unspecified atom stereocenters. The van der Waals surface area contributed by atoms with Crippen LogP contribution in [0.3, 0.4) is 0 Å². The number of phenolic OH excluding ortho intramolecular Hbond substituents is 1. The molecule has 0 saturated heterocycles. The highest BCUT2D eigenvalue weighted by Gasteiger charge is 2.57. The van der Waals surface area contributed by atoms with Gasteiger partial charge in [0.1, 0.15) is 5.75 Å². The first kappa shape index (κ1) is 18.4. The number of rotatable bonds is 2. The van der Waals surface area contributed by atoms with E-state index in [1.807, 2.05) is 13.0 Å². The Morgan fingerprint density at radius 2 is 1.88 bits per heavy atom. The van der Waals surface area contributed by atoms with Gasteiger partial charge in [0.15, 0.2) is 5.78 Å². The third-order valence-corrected chi connectivity index (χ3v) is 7.32. The average Bonchev–Trinajstić information content (AvgIpc) is 2.48. The molecule has 1 aromatic rings. The Morgan fingerprint density at radius 3 is 2.52 bits per heavy atom. The van der Waals surface area contributed by atoms with Crippen LogP contribution in [0, 0.1) is 35.5 Å². The van der Waals surface area contributed by atoms with E-state index in [4.69, 9.17) is 5.73 Å². The van der Waals surface area contributed by atoms with Crippen molar-refractivity contribution >= 4 is 5.78 Å². The molecule has 2 aliphatic carbocycles. The normalized spacial score (nSPS) is 37.4. The van der Waals surface area contributed by atoms with E-state index in [-0.39, 0.29) is 40.2 Å². The first-order valence-corrected chi connectivity index (χ1v) is 9.67. The second-order valence-corrected chi connectivity index (χ2v) is 9.56. The molecule has 2 aliphatic rings. The summed E-state index contributed by atoms with van der Waals surface area (Å²) in [6.07, 6.45) is 4.48. The Labute approximate surface area is 152 Å². The number of carbonyl (C=O) groups excluding carboxylic acids is 1. The highest BCUT2D eigenvalue weighted by molar-refractivity contribution is 5.99. The molecule has 25 heavy (non-hydrogen) atoms. The maximum atomic E-state index is 13.6. The lowest BCUT2D eigenvalue weighted by atomic mass is 9.45. The minimum Gasteiger partial charge on any atom is -0.508 e. The molecule has 0 radical (unpaired) electrons. The molecular formula is C22H33NO2. The van der Waals surface area contributed by atoms with Gasteiger partial charge in [-0.3, -0.25) is 4.79 Å². The molecule has 138 valence electrons. The Kier molecular flexibility index (Phi) is 4.51. The molecule has 0 bridgehead atoms. The van der Waals surface area contributed by atoms with Gasteiger partial charge in [-0.25, -0.2) is 0 Å². The van der Waals surface area contributed by atoms with Crippen molar-refractivity contribution in [1.29, 1.82) is 0 Å². The van der Waals surface area contributed by atoms with Gasteiger partial charge in [-0.2, -0.15) is 0 Å². The fourth-order valence-corrected chi connectivity index (χ4v) is 6.08. The SMILES string of the molecule is Cc1cc(O)cc(C(=O)C2C(C)C(N)CC3C(C)(C)CCCC23C)c1. The molecule has 0 aromatic heterocycles. The molecule has 0 spiro atoms. The van der Waals surface area contributed by atoms with Crippen molar-refractivity contribution in [3.8, 4) is 5.75 Å². The van der Waals surface area contributed by atoms with E-state index in [1.165, 1.54) is 12.8 Å². The predicted molar refractivity (Wildman–Crippen MR) is 102 cm³/mol. The van der Waals surface area contributed by atoms with E-state index in [9.17, 15) is 9.90 Å². The minimum atomic E-state index is -0.0815. The molecule has 3 rings (SSSR count). The highest BCUT2D eigenvalue weighted by Crippen LogP contribution is 2.61. The predicted octanol–water partition coefficient (Wildman–Crippen LogP) is 4.70. The Morgan fingerprint density at radius 1 is 1.20 bits per heavy atom. The van der Waals surface area contributed by atoms with Gasteiger partial charge >= 0.3 is 0 Å². The standard InChI is InChI=1S/C22H33NO2/c1-13-9-15(11-16(24)10-13)20(25)19-14(2)17(23)12-18-21(3,4)7-6-8-22(18,19)5/h9-11,14,17-19,24H,6-8,12,23H2,1-5H3. The lowest BCUT2D eigenvalue weighted by molar-refractivity contribution is -0.0865. The summed E-state index contributed by atoms with van der Waals surface area (Å²) in [4.78, 5) is 13.6. The van der Waals surface area contributed by atoms with Gasteiger partial charge < -0.3 is 10.8 Å². The van der Waals surface area contributed by atoms with Gasteiger partial charge in [0.2, 0.25) is 0 Å². The quantitative estimate of drug-likeness (QED) is 0.765. The van der Waals surface area contributed by atoms with Crippen LogP contribution >= 0.6 is 0 Å². The fraction of sp³-hybridized carbons (Fsp3) is 0.682. The van der Waals surface area contributed by atoms with Crippen LogP contribution in [0.25, 0.3) is 0 Å². The minimum absolute atomic E-state index is 0.0204. The summed E-state index contributed by atoms with van der Waals surface area (Å²) in [6, 6.07) is 5.28. The van der Waals surface area contributed by atoms with Gasteiger partial charge in [0.25, 0.3) is 0 Å². The summed E-state index contributed by atoms with van der Waals surface area (Å²) in [7, 11) is 0. The van der Waals surface area contributed by atoms with Crippen molar-refractivity contribution < 1.29 is 9.90 Å². The maximum Gasteiger partial charge on any atom is 0.166 e. The number of nitrogens with two attached hydrogens (primary N) is 1. The second kappa shape index (κ2) is 6.12. The number of carbonyl (C=O) groups is 1. The van der Waals surface area contributed by atoms with E-state index in [0.29, 0.717) is 11.5 Å². The molecule has 0 heterocycles. The largest absolute Gasteiger partial charge is 0.508 e. The summed E-state index contributed by atoms with van der Waals surface area (Å²) in [6.45, 7) is 11.1. The van der Waals surface area contributed by atoms with Crippen LogP contribution in [0.15, 0.2) is 18.2 Å². The molecular weight excluding hydrogens is 310 g/mol. The van der Waals surface area contributed by atoms with Gasteiger partial charge in [0, 0.05) is 17.5 Å². The van der Waals surface area contributed by atoms with Crippen LogP contribution in [0.4, 0.5) is 0 Å². The van der Waals surface area contributed by atoms with Gasteiger partial charge in [-0.1, -0.05) is 34.1 Å². The van der Waals surface area contributed by atoms with Crippen LogP contribution < -0.4 is 5.73 Å². The highest BCUT2D eigenvalue weighted by atomic mass is 16.3. The van der Waals surface area contributed by atoms with Gasteiger partial charge in [-0.15, -0.1) is 0 Å². The van der Waals surface area contributed by atoms with E-state index < -0.39 is 0 Å². The second-order valence-electron chi connectivity index (χ2n) is 9.56. The number of benzene rings is 1. The van der Waals surface area contributed by atoms with Crippen molar-refractivity contribution in [2.75, 3.05) is 0 Å².